The van der Waals surface area contributed by atoms with Crippen molar-refractivity contribution < 1.29 is 9.90 Å². The fourth-order valence-electron chi connectivity index (χ4n) is 3.02. The monoisotopic (exact) mass is 295 g/mol. The van der Waals surface area contributed by atoms with Crippen molar-refractivity contribution in [3.8, 4) is 0 Å². The molecule has 1 saturated carbocycles. The predicted molar refractivity (Wildman–Crippen MR) is 81.0 cm³/mol. The Bertz CT molecular complexity index is 464. The number of carboxylic acids is 1. The van der Waals surface area contributed by atoms with Crippen molar-refractivity contribution in [3.05, 3.63) is 34.9 Å². The fraction of sp³-hybridized carbons (Fsp3) is 0.562. The van der Waals surface area contributed by atoms with Crippen LogP contribution < -0.4 is 5.32 Å². The molecule has 0 aromatic heterocycles. The zero-order chi connectivity index (χ0) is 14.5. The summed E-state index contributed by atoms with van der Waals surface area (Å²) in [6.45, 7) is 2.13. The van der Waals surface area contributed by atoms with E-state index in [1.54, 1.807) is 0 Å². The maximum Gasteiger partial charge on any atom is 0.306 e. The lowest BCUT2D eigenvalue weighted by Crippen LogP contribution is -2.38. The third-order valence-electron chi connectivity index (χ3n) is 4.12. The Labute approximate surface area is 125 Å². The molecular weight excluding hydrogens is 274 g/mol. The van der Waals surface area contributed by atoms with E-state index in [4.69, 9.17) is 16.7 Å². The number of hydrogen-bond donors (Lipinski definition) is 2. The van der Waals surface area contributed by atoms with Crippen molar-refractivity contribution in [2.75, 3.05) is 0 Å². The van der Waals surface area contributed by atoms with Gasteiger partial charge in [0, 0.05) is 17.1 Å². The molecule has 0 saturated heterocycles. The van der Waals surface area contributed by atoms with Crippen molar-refractivity contribution in [2.45, 2.75) is 51.1 Å². The number of carboxylic acid groups (broad SMARTS) is 1. The summed E-state index contributed by atoms with van der Waals surface area (Å²) in [6.07, 6.45) is 4.55. The van der Waals surface area contributed by atoms with Gasteiger partial charge in [-0.2, -0.15) is 0 Å². The first-order chi connectivity index (χ1) is 9.60. The molecule has 1 fully saturated rings. The molecule has 3 atom stereocenters. The maximum atomic E-state index is 11.1. The Morgan fingerprint density at radius 1 is 1.50 bits per heavy atom. The lowest BCUT2D eigenvalue weighted by molar-refractivity contribution is -0.143. The van der Waals surface area contributed by atoms with Crippen LogP contribution >= 0.6 is 11.6 Å². The number of benzene rings is 1. The van der Waals surface area contributed by atoms with Crippen LogP contribution in [-0.2, 0) is 4.79 Å². The van der Waals surface area contributed by atoms with Crippen LogP contribution in [0.3, 0.4) is 0 Å². The number of hydrogen-bond acceptors (Lipinski definition) is 2. The molecule has 0 spiro atoms. The molecule has 1 aromatic rings. The molecule has 0 aliphatic heterocycles. The molecular formula is C16H22ClNO2. The summed E-state index contributed by atoms with van der Waals surface area (Å²) < 4.78 is 0. The number of rotatable bonds is 5. The average Bonchev–Trinajstić information content (AvgIpc) is 2.45. The third kappa shape index (κ3) is 3.97. The van der Waals surface area contributed by atoms with E-state index in [2.05, 4.69) is 18.3 Å². The summed E-state index contributed by atoms with van der Waals surface area (Å²) >= 11 is 6.05. The fourth-order valence-corrected chi connectivity index (χ4v) is 3.22. The first-order valence-corrected chi connectivity index (χ1v) is 7.72. The summed E-state index contributed by atoms with van der Waals surface area (Å²) in [5.41, 5.74) is 1.18. The summed E-state index contributed by atoms with van der Waals surface area (Å²) in [5, 5.41) is 13.5. The van der Waals surface area contributed by atoms with E-state index in [0.29, 0.717) is 0 Å². The molecule has 3 nitrogen and oxygen atoms in total. The maximum absolute atomic E-state index is 11.1. The molecule has 0 amide bonds. The number of aliphatic carboxylic acids is 1. The van der Waals surface area contributed by atoms with Crippen LogP contribution in [0, 0.1) is 5.92 Å². The van der Waals surface area contributed by atoms with Crippen LogP contribution in [0.4, 0.5) is 0 Å². The van der Waals surface area contributed by atoms with Gasteiger partial charge in [-0.25, -0.2) is 0 Å². The van der Waals surface area contributed by atoms with E-state index in [0.717, 1.165) is 37.1 Å². The second-order valence-electron chi connectivity index (χ2n) is 5.58. The van der Waals surface area contributed by atoms with Crippen LogP contribution in [0.1, 0.15) is 50.6 Å². The minimum Gasteiger partial charge on any atom is -0.481 e. The molecule has 0 heterocycles. The van der Waals surface area contributed by atoms with Crippen molar-refractivity contribution in [2.24, 2.45) is 5.92 Å². The molecule has 3 unspecified atom stereocenters. The van der Waals surface area contributed by atoms with Crippen molar-refractivity contribution in [1.82, 2.24) is 5.32 Å². The summed E-state index contributed by atoms with van der Waals surface area (Å²) in [6, 6.07) is 8.42. The van der Waals surface area contributed by atoms with E-state index >= 15 is 0 Å². The van der Waals surface area contributed by atoms with Crippen LogP contribution in [0.25, 0.3) is 0 Å². The van der Waals surface area contributed by atoms with Crippen LogP contribution in [-0.4, -0.2) is 17.1 Å². The molecule has 1 aliphatic carbocycles. The van der Waals surface area contributed by atoms with E-state index in [9.17, 15) is 4.79 Å². The summed E-state index contributed by atoms with van der Waals surface area (Å²) in [7, 11) is 0. The van der Waals surface area contributed by atoms with Crippen molar-refractivity contribution >= 4 is 17.6 Å². The zero-order valence-corrected chi connectivity index (χ0v) is 12.6. The Morgan fingerprint density at radius 3 is 2.95 bits per heavy atom. The largest absolute Gasteiger partial charge is 0.481 e. The molecule has 20 heavy (non-hydrogen) atoms. The molecule has 110 valence electrons. The molecule has 2 rings (SSSR count). The highest BCUT2D eigenvalue weighted by Gasteiger charge is 2.28. The lowest BCUT2D eigenvalue weighted by Gasteiger charge is -2.31. The zero-order valence-electron chi connectivity index (χ0n) is 11.8. The lowest BCUT2D eigenvalue weighted by atomic mass is 9.85. The van der Waals surface area contributed by atoms with E-state index in [-0.39, 0.29) is 18.0 Å². The molecule has 4 heteroatoms. The van der Waals surface area contributed by atoms with Crippen LogP contribution in [0.15, 0.2) is 24.3 Å². The Kier molecular flexibility index (Phi) is 5.44. The van der Waals surface area contributed by atoms with Crippen LogP contribution in [0.5, 0.6) is 0 Å². The van der Waals surface area contributed by atoms with Gasteiger partial charge in [-0.15, -0.1) is 0 Å². The van der Waals surface area contributed by atoms with E-state index in [1.807, 2.05) is 18.2 Å². The normalized spacial score (nSPS) is 24.3. The smallest absolute Gasteiger partial charge is 0.306 e. The van der Waals surface area contributed by atoms with Gasteiger partial charge < -0.3 is 10.4 Å². The minimum atomic E-state index is -0.660. The third-order valence-corrected chi connectivity index (χ3v) is 4.35. The average molecular weight is 296 g/mol. The van der Waals surface area contributed by atoms with Crippen molar-refractivity contribution in [1.29, 1.82) is 0 Å². The molecule has 1 aromatic carbocycles. The molecule has 0 bridgehead atoms. The van der Waals surface area contributed by atoms with Gasteiger partial charge in [0.1, 0.15) is 0 Å². The Hall–Kier alpha value is -1.06. The second-order valence-corrected chi connectivity index (χ2v) is 6.02. The first-order valence-electron chi connectivity index (χ1n) is 7.34. The first kappa shape index (κ1) is 15.3. The van der Waals surface area contributed by atoms with Gasteiger partial charge in [-0.1, -0.05) is 37.1 Å². The van der Waals surface area contributed by atoms with E-state index < -0.39 is 5.97 Å². The number of carbonyl (C=O) groups is 1. The summed E-state index contributed by atoms with van der Waals surface area (Å²) in [4.78, 5) is 11.1. The standard InChI is InChI=1S/C16H22ClNO2/c1-2-15(11-5-3-7-13(17)9-11)18-14-8-4-6-12(10-14)16(19)20/h3,5,7,9,12,14-15,18H,2,4,6,8,10H2,1H3,(H,19,20). The Balaban J connectivity index is 2.01. The number of halogens is 1. The highest BCUT2D eigenvalue weighted by atomic mass is 35.5. The van der Waals surface area contributed by atoms with Gasteiger partial charge in [0.15, 0.2) is 0 Å². The quantitative estimate of drug-likeness (QED) is 0.862. The van der Waals surface area contributed by atoms with Crippen LogP contribution in [0.2, 0.25) is 5.02 Å². The van der Waals surface area contributed by atoms with Gasteiger partial charge in [0.2, 0.25) is 0 Å². The predicted octanol–water partition coefficient (Wildman–Crippen LogP) is 4.02. The Morgan fingerprint density at radius 2 is 2.30 bits per heavy atom. The van der Waals surface area contributed by atoms with E-state index in [1.165, 1.54) is 5.56 Å². The SMILES string of the molecule is CCC(NC1CCCC(C(=O)O)C1)c1cccc(Cl)c1. The van der Waals surface area contributed by atoms with Gasteiger partial charge in [0.25, 0.3) is 0 Å². The van der Waals surface area contributed by atoms with Gasteiger partial charge in [0.05, 0.1) is 5.92 Å². The molecule has 2 N–H and O–H groups in total. The highest BCUT2D eigenvalue weighted by Crippen LogP contribution is 2.28. The topological polar surface area (TPSA) is 49.3 Å². The van der Waals surface area contributed by atoms with Crippen molar-refractivity contribution in [3.63, 3.8) is 0 Å². The highest BCUT2D eigenvalue weighted by molar-refractivity contribution is 6.30. The van der Waals surface area contributed by atoms with Gasteiger partial charge >= 0.3 is 5.97 Å². The minimum absolute atomic E-state index is 0.196. The number of nitrogens with one attached hydrogen (secondary N) is 1. The molecule has 0 radical (unpaired) electrons. The van der Waals surface area contributed by atoms with Gasteiger partial charge in [-0.3, -0.25) is 4.79 Å². The second kappa shape index (κ2) is 7.09. The summed E-state index contributed by atoms with van der Waals surface area (Å²) in [5.74, 6) is -0.856. The molecule has 1 aliphatic rings. The van der Waals surface area contributed by atoms with Gasteiger partial charge in [-0.05, 0) is 43.4 Å².